The SMILES string of the molecule is CCN(C)C(=O)C(F)(F)C(F)(F)F. The van der Waals surface area contributed by atoms with E-state index >= 15 is 0 Å². The van der Waals surface area contributed by atoms with Gasteiger partial charge in [0.05, 0.1) is 0 Å². The summed E-state index contributed by atoms with van der Waals surface area (Å²) < 4.78 is 59.2. The van der Waals surface area contributed by atoms with Gasteiger partial charge in [-0.15, -0.1) is 0 Å². The van der Waals surface area contributed by atoms with E-state index in [-0.39, 0.29) is 6.54 Å². The third-order valence-electron chi connectivity index (χ3n) is 1.45. The molecule has 0 aromatic heterocycles. The Hall–Kier alpha value is -0.880. The highest BCUT2D eigenvalue weighted by Gasteiger charge is 2.64. The van der Waals surface area contributed by atoms with Gasteiger partial charge in [-0.25, -0.2) is 0 Å². The molecule has 0 aliphatic rings. The third kappa shape index (κ3) is 2.28. The highest BCUT2D eigenvalue weighted by Crippen LogP contribution is 2.36. The van der Waals surface area contributed by atoms with Crippen LogP contribution in [0.25, 0.3) is 0 Å². The van der Waals surface area contributed by atoms with Gasteiger partial charge in [0.2, 0.25) is 0 Å². The first-order chi connectivity index (χ1) is 5.64. The second-order valence-electron chi connectivity index (χ2n) is 2.39. The van der Waals surface area contributed by atoms with E-state index in [2.05, 4.69) is 0 Å². The molecule has 0 aliphatic carbocycles. The van der Waals surface area contributed by atoms with Crippen LogP contribution in [0.2, 0.25) is 0 Å². The number of amides is 1. The van der Waals surface area contributed by atoms with E-state index in [9.17, 15) is 26.7 Å². The predicted octanol–water partition coefficient (Wildman–Crippen LogP) is 1.66. The van der Waals surface area contributed by atoms with Gasteiger partial charge in [0.1, 0.15) is 0 Å². The smallest absolute Gasteiger partial charge is 0.340 e. The molecular weight excluding hydrogens is 197 g/mol. The quantitative estimate of drug-likeness (QED) is 0.628. The summed E-state index contributed by atoms with van der Waals surface area (Å²) in [5.74, 6) is -7.53. The molecular formula is C6H8F5NO. The molecule has 0 bridgehead atoms. The number of nitrogens with zero attached hydrogens (tertiary/aromatic N) is 1. The Bertz CT molecular complexity index is 200. The zero-order chi connectivity index (χ0) is 10.9. The summed E-state index contributed by atoms with van der Waals surface area (Å²) >= 11 is 0. The average molecular weight is 205 g/mol. The molecule has 0 atom stereocenters. The third-order valence-corrected chi connectivity index (χ3v) is 1.45. The van der Waals surface area contributed by atoms with E-state index in [0.29, 0.717) is 4.90 Å². The van der Waals surface area contributed by atoms with Crippen LogP contribution < -0.4 is 0 Å². The van der Waals surface area contributed by atoms with E-state index in [4.69, 9.17) is 0 Å². The van der Waals surface area contributed by atoms with Crippen LogP contribution in [0.15, 0.2) is 0 Å². The molecule has 0 rings (SSSR count). The molecule has 0 aliphatic heterocycles. The highest BCUT2D eigenvalue weighted by atomic mass is 19.4. The van der Waals surface area contributed by atoms with Gasteiger partial charge in [-0.2, -0.15) is 22.0 Å². The Morgan fingerprint density at radius 2 is 1.62 bits per heavy atom. The summed E-state index contributed by atoms with van der Waals surface area (Å²) in [6, 6.07) is 0. The standard InChI is InChI=1S/C6H8F5NO/c1-3-12(2)4(13)5(7,8)6(9,10)11/h3H2,1-2H3. The minimum atomic E-state index is -5.83. The summed E-state index contributed by atoms with van der Waals surface area (Å²) in [5, 5.41) is 0. The summed E-state index contributed by atoms with van der Waals surface area (Å²) in [5.41, 5.74) is 0. The van der Waals surface area contributed by atoms with Crippen molar-refractivity contribution in [3.8, 4) is 0 Å². The molecule has 2 nitrogen and oxygen atoms in total. The lowest BCUT2D eigenvalue weighted by atomic mass is 10.3. The van der Waals surface area contributed by atoms with Gasteiger partial charge in [0.15, 0.2) is 0 Å². The minimum Gasteiger partial charge on any atom is -0.340 e. The first-order valence-electron chi connectivity index (χ1n) is 3.34. The first-order valence-corrected chi connectivity index (χ1v) is 3.34. The number of hydrogen-bond acceptors (Lipinski definition) is 1. The Balaban J connectivity index is 4.75. The maximum Gasteiger partial charge on any atom is 0.463 e. The van der Waals surface area contributed by atoms with Gasteiger partial charge in [0, 0.05) is 13.6 Å². The van der Waals surface area contributed by atoms with E-state index in [1.165, 1.54) is 6.92 Å². The van der Waals surface area contributed by atoms with Crippen LogP contribution in [-0.2, 0) is 4.79 Å². The molecule has 78 valence electrons. The van der Waals surface area contributed by atoms with Gasteiger partial charge < -0.3 is 4.90 Å². The van der Waals surface area contributed by atoms with Gasteiger partial charge in [0.25, 0.3) is 0 Å². The van der Waals surface area contributed by atoms with Crippen molar-refractivity contribution < 1.29 is 26.7 Å². The van der Waals surface area contributed by atoms with Crippen molar-refractivity contribution in [2.24, 2.45) is 0 Å². The molecule has 13 heavy (non-hydrogen) atoms. The van der Waals surface area contributed by atoms with Crippen molar-refractivity contribution in [1.82, 2.24) is 4.90 Å². The monoisotopic (exact) mass is 205 g/mol. The average Bonchev–Trinajstić information content (AvgIpc) is 1.99. The summed E-state index contributed by atoms with van der Waals surface area (Å²) in [6.45, 7) is 1.09. The number of carbonyl (C=O) groups is 1. The van der Waals surface area contributed by atoms with Crippen molar-refractivity contribution in [1.29, 1.82) is 0 Å². The lowest BCUT2D eigenvalue weighted by molar-refractivity contribution is -0.273. The zero-order valence-corrected chi connectivity index (χ0v) is 6.95. The predicted molar refractivity (Wildman–Crippen MR) is 34.3 cm³/mol. The molecule has 0 radical (unpaired) electrons. The lowest BCUT2D eigenvalue weighted by Crippen LogP contribution is -2.50. The van der Waals surface area contributed by atoms with Crippen LogP contribution in [0, 0.1) is 0 Å². The van der Waals surface area contributed by atoms with Gasteiger partial charge in [-0.05, 0) is 6.92 Å². The normalized spacial score (nSPS) is 12.8. The number of halogens is 5. The number of carbonyl (C=O) groups excluding carboxylic acids is 1. The van der Waals surface area contributed by atoms with Crippen LogP contribution in [0.1, 0.15) is 6.92 Å². The van der Waals surface area contributed by atoms with Gasteiger partial charge in [-0.1, -0.05) is 0 Å². The fourth-order valence-corrected chi connectivity index (χ4v) is 0.505. The molecule has 0 aromatic carbocycles. The van der Waals surface area contributed by atoms with Gasteiger partial charge in [-0.3, -0.25) is 4.79 Å². The fourth-order valence-electron chi connectivity index (χ4n) is 0.505. The molecule has 0 aromatic rings. The fraction of sp³-hybridized carbons (Fsp3) is 0.833. The summed E-state index contributed by atoms with van der Waals surface area (Å²) in [6.07, 6.45) is -5.83. The van der Waals surface area contributed by atoms with Gasteiger partial charge >= 0.3 is 18.0 Å². The summed E-state index contributed by atoms with van der Waals surface area (Å²) in [7, 11) is 0.877. The van der Waals surface area contributed by atoms with Crippen molar-refractivity contribution in [3.63, 3.8) is 0 Å². The second-order valence-corrected chi connectivity index (χ2v) is 2.39. The molecule has 0 fully saturated rings. The first kappa shape index (κ1) is 12.1. The lowest BCUT2D eigenvalue weighted by Gasteiger charge is -2.23. The largest absolute Gasteiger partial charge is 0.463 e. The van der Waals surface area contributed by atoms with E-state index in [1.54, 1.807) is 0 Å². The van der Waals surface area contributed by atoms with Crippen molar-refractivity contribution in [3.05, 3.63) is 0 Å². The van der Waals surface area contributed by atoms with Crippen molar-refractivity contribution in [2.45, 2.75) is 19.0 Å². The second kappa shape index (κ2) is 3.47. The van der Waals surface area contributed by atoms with Crippen LogP contribution in [-0.4, -0.2) is 36.5 Å². The molecule has 0 saturated heterocycles. The molecule has 7 heteroatoms. The van der Waals surface area contributed by atoms with E-state index in [0.717, 1.165) is 7.05 Å². The van der Waals surface area contributed by atoms with Crippen LogP contribution in [0.5, 0.6) is 0 Å². The number of rotatable bonds is 2. The Kier molecular flexibility index (Phi) is 3.23. The van der Waals surface area contributed by atoms with E-state index < -0.39 is 18.0 Å². The number of hydrogen-bond donors (Lipinski definition) is 0. The molecule has 0 heterocycles. The van der Waals surface area contributed by atoms with Crippen LogP contribution in [0.4, 0.5) is 22.0 Å². The highest BCUT2D eigenvalue weighted by molar-refractivity contribution is 5.84. The molecule has 0 saturated carbocycles. The zero-order valence-electron chi connectivity index (χ0n) is 6.95. The van der Waals surface area contributed by atoms with Crippen LogP contribution in [0.3, 0.4) is 0 Å². The van der Waals surface area contributed by atoms with Crippen molar-refractivity contribution in [2.75, 3.05) is 13.6 Å². The maximum absolute atomic E-state index is 12.2. The van der Waals surface area contributed by atoms with Crippen molar-refractivity contribution >= 4 is 5.91 Å². The Morgan fingerprint density at radius 3 is 1.85 bits per heavy atom. The molecule has 0 N–H and O–H groups in total. The number of alkyl halides is 5. The Morgan fingerprint density at radius 1 is 1.23 bits per heavy atom. The van der Waals surface area contributed by atoms with Crippen LogP contribution >= 0.6 is 0 Å². The summed E-state index contributed by atoms with van der Waals surface area (Å²) in [4.78, 5) is 10.8. The molecule has 0 unspecified atom stereocenters. The molecule has 0 spiro atoms. The molecule has 1 amide bonds. The topological polar surface area (TPSA) is 20.3 Å². The van der Waals surface area contributed by atoms with E-state index in [1.807, 2.05) is 0 Å². The minimum absolute atomic E-state index is 0.204. The maximum atomic E-state index is 12.2. The Labute approximate surface area is 71.3 Å².